The molecular formula is C10H4F2N4O2. The number of nitrogens with zero attached hydrogens (tertiary/aromatic N) is 3. The molecule has 0 unspecified atom stereocenters. The third-order valence-corrected chi connectivity index (χ3v) is 1.79. The van der Waals surface area contributed by atoms with Crippen LogP contribution in [0.15, 0.2) is 17.2 Å². The highest BCUT2D eigenvalue weighted by atomic mass is 19.2. The first kappa shape index (κ1) is 13.1. The molecule has 0 aliphatic carbocycles. The molecule has 0 amide bonds. The van der Waals surface area contributed by atoms with Gasteiger partial charge in [-0.25, -0.2) is 13.6 Å². The van der Waals surface area contributed by atoms with E-state index in [2.05, 4.69) is 5.10 Å². The molecule has 0 atom stereocenters. The lowest BCUT2D eigenvalue weighted by Gasteiger charge is -2.05. The van der Waals surface area contributed by atoms with Crippen molar-refractivity contribution >= 4 is 17.4 Å². The molecule has 0 aromatic heterocycles. The summed E-state index contributed by atoms with van der Waals surface area (Å²) in [7, 11) is 0. The van der Waals surface area contributed by atoms with Crippen molar-refractivity contribution in [2.75, 3.05) is 5.43 Å². The van der Waals surface area contributed by atoms with Gasteiger partial charge >= 0.3 is 5.97 Å². The Bertz CT molecular complexity index is 598. The van der Waals surface area contributed by atoms with Crippen molar-refractivity contribution in [3.05, 3.63) is 29.3 Å². The number of hydrazone groups is 1. The molecule has 1 aromatic carbocycles. The zero-order valence-corrected chi connectivity index (χ0v) is 8.61. The third kappa shape index (κ3) is 2.77. The number of carboxylic acid groups (broad SMARTS) is 1. The summed E-state index contributed by atoms with van der Waals surface area (Å²) in [6.07, 6.45) is 0. The molecule has 0 saturated heterocycles. The minimum atomic E-state index is -1.51. The molecule has 18 heavy (non-hydrogen) atoms. The molecule has 0 aliphatic heterocycles. The van der Waals surface area contributed by atoms with E-state index < -0.39 is 28.9 Å². The van der Waals surface area contributed by atoms with Crippen molar-refractivity contribution in [2.24, 2.45) is 5.10 Å². The van der Waals surface area contributed by atoms with Crippen LogP contribution in [0.5, 0.6) is 0 Å². The van der Waals surface area contributed by atoms with E-state index >= 15 is 0 Å². The number of nitrogens with one attached hydrogen (secondary N) is 1. The predicted octanol–water partition coefficient (Wildman–Crippen LogP) is 1.48. The quantitative estimate of drug-likeness (QED) is 0.623. The fourth-order valence-electron chi connectivity index (χ4n) is 1.01. The van der Waals surface area contributed by atoms with E-state index in [-0.39, 0.29) is 5.69 Å². The van der Waals surface area contributed by atoms with E-state index in [1.54, 1.807) is 0 Å². The molecule has 2 N–H and O–H groups in total. The minimum Gasteiger partial charge on any atom is -0.478 e. The first-order chi connectivity index (χ1) is 8.49. The molecule has 1 rings (SSSR count). The molecular weight excluding hydrogens is 246 g/mol. The fourth-order valence-corrected chi connectivity index (χ4v) is 1.01. The normalized spacial score (nSPS) is 8.89. The Balaban J connectivity index is 3.21. The smallest absolute Gasteiger partial charge is 0.337 e. The summed E-state index contributed by atoms with van der Waals surface area (Å²) < 4.78 is 25.8. The monoisotopic (exact) mass is 250 g/mol. The summed E-state index contributed by atoms with van der Waals surface area (Å²) >= 11 is 0. The highest BCUT2D eigenvalue weighted by molar-refractivity contribution is 6.10. The zero-order valence-electron chi connectivity index (χ0n) is 8.61. The lowest BCUT2D eigenvalue weighted by Crippen LogP contribution is -2.06. The van der Waals surface area contributed by atoms with Gasteiger partial charge in [-0.15, -0.1) is 0 Å². The molecule has 1 aromatic rings. The molecule has 0 saturated carbocycles. The van der Waals surface area contributed by atoms with Crippen LogP contribution >= 0.6 is 0 Å². The molecule has 8 heteroatoms. The Hall–Kier alpha value is -3.00. The van der Waals surface area contributed by atoms with Crippen LogP contribution in [0.1, 0.15) is 10.4 Å². The number of benzene rings is 1. The number of carbonyl (C=O) groups is 1. The van der Waals surface area contributed by atoms with Gasteiger partial charge in [-0.05, 0) is 6.07 Å². The number of carboxylic acids is 1. The summed E-state index contributed by atoms with van der Waals surface area (Å²) in [4.78, 5) is 10.8. The Morgan fingerprint density at radius 3 is 2.33 bits per heavy atom. The Morgan fingerprint density at radius 2 is 1.83 bits per heavy atom. The van der Waals surface area contributed by atoms with Gasteiger partial charge in [0.05, 0.1) is 11.3 Å². The molecule has 6 nitrogen and oxygen atoms in total. The van der Waals surface area contributed by atoms with Crippen LogP contribution in [0.2, 0.25) is 0 Å². The first-order valence-corrected chi connectivity index (χ1v) is 4.35. The van der Waals surface area contributed by atoms with Crippen LogP contribution in [0.3, 0.4) is 0 Å². The van der Waals surface area contributed by atoms with Gasteiger partial charge in [0.1, 0.15) is 12.1 Å². The van der Waals surface area contributed by atoms with E-state index in [1.807, 2.05) is 5.43 Å². The van der Waals surface area contributed by atoms with Crippen molar-refractivity contribution in [1.29, 1.82) is 10.5 Å². The Labute approximate surface area is 99.4 Å². The largest absolute Gasteiger partial charge is 0.478 e. The molecule has 0 aliphatic rings. The fraction of sp³-hybridized carbons (Fsp3) is 0. The molecule has 0 heterocycles. The Morgan fingerprint density at radius 1 is 1.28 bits per heavy atom. The van der Waals surface area contributed by atoms with E-state index in [9.17, 15) is 13.6 Å². The number of rotatable bonds is 3. The van der Waals surface area contributed by atoms with Crippen molar-refractivity contribution < 1.29 is 18.7 Å². The predicted molar refractivity (Wildman–Crippen MR) is 55.6 cm³/mol. The second-order valence-corrected chi connectivity index (χ2v) is 2.91. The summed E-state index contributed by atoms with van der Waals surface area (Å²) in [5, 5.41) is 28.8. The summed E-state index contributed by atoms with van der Waals surface area (Å²) in [5.74, 6) is -4.13. The van der Waals surface area contributed by atoms with Gasteiger partial charge in [0.2, 0.25) is 5.71 Å². The maximum Gasteiger partial charge on any atom is 0.337 e. The minimum absolute atomic E-state index is 0.371. The topological polar surface area (TPSA) is 109 Å². The number of halogens is 2. The number of hydrogen-bond acceptors (Lipinski definition) is 5. The maximum atomic E-state index is 12.9. The molecule has 90 valence electrons. The zero-order chi connectivity index (χ0) is 13.7. The molecule has 0 radical (unpaired) electrons. The summed E-state index contributed by atoms with van der Waals surface area (Å²) in [5.41, 5.74) is 0.486. The standard InChI is InChI=1S/C10H4F2N4O2/c11-7-1-6(10(17)18)9(2-8(7)12)16-15-5(3-13)4-14/h1-2,16H,(H,17,18). The van der Waals surface area contributed by atoms with Crippen LogP contribution in [0, 0.1) is 34.3 Å². The first-order valence-electron chi connectivity index (χ1n) is 4.35. The molecule has 0 fully saturated rings. The maximum absolute atomic E-state index is 12.9. The van der Waals surface area contributed by atoms with E-state index in [4.69, 9.17) is 15.6 Å². The van der Waals surface area contributed by atoms with Crippen molar-refractivity contribution in [3.8, 4) is 12.1 Å². The van der Waals surface area contributed by atoms with Gasteiger partial charge in [0.15, 0.2) is 11.6 Å². The average Bonchev–Trinajstić information content (AvgIpc) is 2.34. The second kappa shape index (κ2) is 5.37. The summed E-state index contributed by atoms with van der Waals surface area (Å²) in [6.45, 7) is 0. The van der Waals surface area contributed by atoms with Gasteiger partial charge < -0.3 is 5.11 Å². The van der Waals surface area contributed by atoms with Crippen LogP contribution in [0.25, 0.3) is 0 Å². The van der Waals surface area contributed by atoms with Gasteiger partial charge in [-0.2, -0.15) is 15.6 Å². The van der Waals surface area contributed by atoms with Gasteiger partial charge in [-0.1, -0.05) is 0 Å². The Kier molecular flexibility index (Phi) is 3.89. The number of hydrogen-bond donors (Lipinski definition) is 2. The SMILES string of the molecule is N#CC(C#N)=NNc1cc(F)c(F)cc1C(=O)O. The van der Waals surface area contributed by atoms with Crippen molar-refractivity contribution in [2.45, 2.75) is 0 Å². The van der Waals surface area contributed by atoms with E-state index in [0.29, 0.717) is 12.1 Å². The lowest BCUT2D eigenvalue weighted by atomic mass is 10.1. The van der Waals surface area contributed by atoms with Crippen LogP contribution < -0.4 is 5.43 Å². The van der Waals surface area contributed by atoms with Gasteiger partial charge in [0.25, 0.3) is 0 Å². The molecule has 0 spiro atoms. The van der Waals surface area contributed by atoms with Crippen LogP contribution in [-0.4, -0.2) is 16.8 Å². The highest BCUT2D eigenvalue weighted by Crippen LogP contribution is 2.20. The number of nitriles is 2. The third-order valence-electron chi connectivity index (χ3n) is 1.79. The number of aromatic carboxylic acids is 1. The van der Waals surface area contributed by atoms with E-state index in [0.717, 1.165) is 0 Å². The van der Waals surface area contributed by atoms with E-state index in [1.165, 1.54) is 12.1 Å². The lowest BCUT2D eigenvalue weighted by molar-refractivity contribution is 0.0697. The number of anilines is 1. The van der Waals surface area contributed by atoms with Crippen LogP contribution in [-0.2, 0) is 0 Å². The average molecular weight is 250 g/mol. The summed E-state index contributed by atoms with van der Waals surface area (Å²) in [6, 6.07) is 3.85. The van der Waals surface area contributed by atoms with Crippen LogP contribution in [0.4, 0.5) is 14.5 Å². The van der Waals surface area contributed by atoms with Gasteiger partial charge in [-0.3, -0.25) is 5.43 Å². The van der Waals surface area contributed by atoms with Gasteiger partial charge in [0, 0.05) is 6.07 Å². The second-order valence-electron chi connectivity index (χ2n) is 2.91. The molecule has 0 bridgehead atoms. The van der Waals surface area contributed by atoms with Crippen molar-refractivity contribution in [1.82, 2.24) is 0 Å². The highest BCUT2D eigenvalue weighted by Gasteiger charge is 2.15. The van der Waals surface area contributed by atoms with Crippen molar-refractivity contribution in [3.63, 3.8) is 0 Å².